The molecule has 9 amide bonds. The van der Waals surface area contributed by atoms with Gasteiger partial charge >= 0.3 is 17.9 Å². The third-order valence-corrected chi connectivity index (χ3v) is 10.3. The van der Waals surface area contributed by atoms with Gasteiger partial charge in [0.1, 0.15) is 42.0 Å². The first-order chi connectivity index (χ1) is 32.7. The highest BCUT2D eigenvalue weighted by Gasteiger charge is 2.35. The number of hydrogen-bond acceptors (Lipinski definition) is 15. The Bertz CT molecular complexity index is 2020. The van der Waals surface area contributed by atoms with Crippen molar-refractivity contribution in [2.24, 2.45) is 29.0 Å². The summed E-state index contributed by atoms with van der Waals surface area (Å²) in [5.41, 5.74) is 16.6. The number of carbonyl (C=O) groups excluding carboxylic acids is 9. The Labute approximate surface area is 402 Å². The standard InChI is InChI=1S/C43H67N11O16/c1-21(2)35(41(67)51-28(43(69)70)7-5-6-16-44)54-42(68)36(22(3)4)53-40(66)29(17-23-8-10-24(55)11-9-23)52-39(65)27(13-15-33(59)60)50-38(64)26(12-14-30(46)56)49-32(58)20-47-31(57)19-48-37(63)25(45)18-34(61)62/h8-11,21-22,25-29,35-36,55H,5-7,12-20,44-45H2,1-4H3,(H2,46,56)(H,47,57)(H,48,63)(H,49,58)(H,50,64)(H,51,67)(H,52,65)(H,53,66)(H,54,68)(H,59,60)(H,61,62)(H,69,70)/t25-,26-,27-,28-,29-,35-,36-/m0/s1. The number of carboxylic acids is 3. The summed E-state index contributed by atoms with van der Waals surface area (Å²) < 4.78 is 0. The number of aromatic hydroxyl groups is 1. The van der Waals surface area contributed by atoms with Crippen molar-refractivity contribution in [1.29, 1.82) is 0 Å². The first-order valence-corrected chi connectivity index (χ1v) is 22.3. The molecule has 0 aliphatic carbocycles. The zero-order chi connectivity index (χ0) is 53.2. The van der Waals surface area contributed by atoms with Gasteiger partial charge in [-0.2, -0.15) is 0 Å². The van der Waals surface area contributed by atoms with Crippen LogP contribution in [0.25, 0.3) is 0 Å². The van der Waals surface area contributed by atoms with Crippen LogP contribution in [0.5, 0.6) is 5.75 Å². The number of carbonyl (C=O) groups is 12. The van der Waals surface area contributed by atoms with E-state index >= 15 is 0 Å². The van der Waals surface area contributed by atoms with Gasteiger partial charge in [0.05, 0.1) is 25.6 Å². The number of phenolic OH excluding ortho intramolecular Hbond substituents is 1. The van der Waals surface area contributed by atoms with Crippen LogP contribution in [0.1, 0.15) is 84.6 Å². The summed E-state index contributed by atoms with van der Waals surface area (Å²) >= 11 is 0. The van der Waals surface area contributed by atoms with E-state index < -0.39 is 170 Å². The van der Waals surface area contributed by atoms with Crippen molar-refractivity contribution < 1.29 is 78.0 Å². The van der Waals surface area contributed by atoms with Crippen LogP contribution in [0.15, 0.2) is 24.3 Å². The smallest absolute Gasteiger partial charge is 0.326 e. The van der Waals surface area contributed by atoms with Gasteiger partial charge < -0.3 is 80.2 Å². The Morgan fingerprint density at radius 3 is 1.54 bits per heavy atom. The van der Waals surface area contributed by atoms with Crippen molar-refractivity contribution in [2.75, 3.05) is 19.6 Å². The van der Waals surface area contributed by atoms with E-state index in [4.69, 9.17) is 22.3 Å². The fourth-order valence-electron chi connectivity index (χ4n) is 6.36. The van der Waals surface area contributed by atoms with E-state index in [0.29, 0.717) is 24.9 Å². The minimum atomic E-state index is -1.73. The lowest BCUT2D eigenvalue weighted by atomic mass is 9.98. The summed E-state index contributed by atoms with van der Waals surface area (Å²) in [5, 5.41) is 56.7. The SMILES string of the molecule is CC(C)[C@H](NC(=O)[C@H](Cc1ccc(O)cc1)NC(=O)[C@H](CCC(=O)O)NC(=O)[C@H](CCC(N)=O)NC(=O)CNC(=O)CNC(=O)[C@@H](N)CC(=O)O)C(=O)N[C@H](C(=O)N[C@@H](CCCCN)C(=O)O)C(C)C. The van der Waals surface area contributed by atoms with E-state index in [1.54, 1.807) is 27.7 Å². The summed E-state index contributed by atoms with van der Waals surface area (Å²) in [4.78, 5) is 152. The lowest BCUT2D eigenvalue weighted by Gasteiger charge is -2.29. The molecule has 18 N–H and O–H groups in total. The number of rotatable bonds is 33. The van der Waals surface area contributed by atoms with Gasteiger partial charge in [-0.1, -0.05) is 39.8 Å². The summed E-state index contributed by atoms with van der Waals surface area (Å²) in [5.74, 6) is -14.1. The van der Waals surface area contributed by atoms with Crippen LogP contribution in [0, 0.1) is 11.8 Å². The van der Waals surface area contributed by atoms with E-state index in [0.717, 1.165) is 0 Å². The minimum Gasteiger partial charge on any atom is -0.508 e. The molecular weight excluding hydrogens is 927 g/mol. The maximum Gasteiger partial charge on any atom is 0.326 e. The van der Waals surface area contributed by atoms with Crippen molar-refractivity contribution in [1.82, 2.24) is 42.5 Å². The topological polar surface area (TPSA) is 460 Å². The molecule has 0 unspecified atom stereocenters. The number of hydrogen-bond donors (Lipinski definition) is 15. The second-order valence-corrected chi connectivity index (χ2v) is 16.9. The first-order valence-electron chi connectivity index (χ1n) is 22.3. The monoisotopic (exact) mass is 993 g/mol. The average molecular weight is 994 g/mol. The lowest BCUT2D eigenvalue weighted by molar-refractivity contribution is -0.143. The van der Waals surface area contributed by atoms with Crippen LogP contribution in [-0.4, -0.2) is 153 Å². The molecule has 1 aromatic rings. The number of primary amides is 1. The number of benzene rings is 1. The van der Waals surface area contributed by atoms with Gasteiger partial charge in [-0.25, -0.2) is 4.79 Å². The van der Waals surface area contributed by atoms with Crippen molar-refractivity contribution >= 4 is 71.1 Å². The van der Waals surface area contributed by atoms with Crippen LogP contribution in [0.4, 0.5) is 0 Å². The number of aliphatic carboxylic acids is 3. The molecule has 0 aliphatic heterocycles. The maximum atomic E-state index is 14.2. The van der Waals surface area contributed by atoms with E-state index in [1.807, 2.05) is 0 Å². The van der Waals surface area contributed by atoms with Crippen molar-refractivity contribution in [3.63, 3.8) is 0 Å². The second kappa shape index (κ2) is 30.9. The van der Waals surface area contributed by atoms with Crippen molar-refractivity contribution in [2.45, 2.75) is 128 Å². The maximum absolute atomic E-state index is 14.2. The number of phenols is 1. The van der Waals surface area contributed by atoms with Crippen LogP contribution < -0.4 is 59.7 Å². The van der Waals surface area contributed by atoms with Gasteiger partial charge in [0.15, 0.2) is 0 Å². The van der Waals surface area contributed by atoms with Gasteiger partial charge in [-0.05, 0) is 68.2 Å². The minimum absolute atomic E-state index is 0.0758. The molecule has 390 valence electrons. The Hall–Kier alpha value is -7.42. The molecule has 0 fully saturated rings. The highest BCUT2D eigenvalue weighted by molar-refractivity contribution is 5.98. The van der Waals surface area contributed by atoms with Crippen molar-refractivity contribution in [3.05, 3.63) is 29.8 Å². The molecular formula is C43H67N11O16. The van der Waals surface area contributed by atoms with Gasteiger partial charge in [-0.3, -0.25) is 52.7 Å². The molecule has 1 aromatic carbocycles. The highest BCUT2D eigenvalue weighted by Crippen LogP contribution is 2.14. The molecule has 7 atom stereocenters. The number of nitrogens with one attached hydrogen (secondary N) is 8. The van der Waals surface area contributed by atoms with Crippen LogP contribution >= 0.6 is 0 Å². The Kier molecular flexibility index (Phi) is 26.7. The Balaban J connectivity index is 3.40. The average Bonchev–Trinajstić information content (AvgIpc) is 3.27. The normalized spacial score (nSPS) is 13.9. The summed E-state index contributed by atoms with van der Waals surface area (Å²) in [6.07, 6.45) is -2.27. The van der Waals surface area contributed by atoms with Crippen LogP contribution in [-0.2, 0) is 64.0 Å². The molecule has 1 rings (SSSR count). The van der Waals surface area contributed by atoms with E-state index in [1.165, 1.54) is 24.3 Å². The highest BCUT2D eigenvalue weighted by atomic mass is 16.4. The fraction of sp³-hybridized carbons (Fsp3) is 0.581. The fourth-order valence-corrected chi connectivity index (χ4v) is 6.36. The van der Waals surface area contributed by atoms with E-state index in [2.05, 4.69) is 42.5 Å². The Morgan fingerprint density at radius 2 is 1.03 bits per heavy atom. The number of nitrogens with two attached hydrogens (primary N) is 3. The number of carboxylic acid groups (broad SMARTS) is 3. The third-order valence-electron chi connectivity index (χ3n) is 10.3. The molecule has 70 heavy (non-hydrogen) atoms. The predicted octanol–water partition coefficient (Wildman–Crippen LogP) is -4.47. The number of amides is 9. The molecule has 0 aromatic heterocycles. The van der Waals surface area contributed by atoms with Crippen LogP contribution in [0.2, 0.25) is 0 Å². The molecule has 0 saturated heterocycles. The Morgan fingerprint density at radius 1 is 0.543 bits per heavy atom. The summed E-state index contributed by atoms with van der Waals surface area (Å²) in [6, 6.07) is -4.89. The second-order valence-electron chi connectivity index (χ2n) is 16.9. The van der Waals surface area contributed by atoms with Crippen molar-refractivity contribution in [3.8, 4) is 5.75 Å². The molecule has 27 nitrogen and oxygen atoms in total. The number of unbranched alkanes of at least 4 members (excludes halogenated alkanes) is 1. The molecule has 0 heterocycles. The zero-order valence-electron chi connectivity index (χ0n) is 39.4. The predicted molar refractivity (Wildman–Crippen MR) is 245 cm³/mol. The van der Waals surface area contributed by atoms with Gasteiger partial charge in [0, 0.05) is 19.3 Å². The van der Waals surface area contributed by atoms with Gasteiger partial charge in [0.2, 0.25) is 53.2 Å². The molecule has 0 spiro atoms. The summed E-state index contributed by atoms with van der Waals surface area (Å²) in [6.45, 7) is 5.15. The molecule has 0 saturated carbocycles. The van der Waals surface area contributed by atoms with Crippen LogP contribution in [0.3, 0.4) is 0 Å². The molecule has 0 bridgehead atoms. The third kappa shape index (κ3) is 23.5. The quantitative estimate of drug-likeness (QED) is 0.0295. The van der Waals surface area contributed by atoms with E-state index in [9.17, 15) is 72.9 Å². The van der Waals surface area contributed by atoms with E-state index in [-0.39, 0.29) is 18.6 Å². The molecule has 0 radical (unpaired) electrons. The first kappa shape index (κ1) is 60.6. The van der Waals surface area contributed by atoms with Gasteiger partial charge in [-0.15, -0.1) is 0 Å². The summed E-state index contributed by atoms with van der Waals surface area (Å²) in [7, 11) is 0. The lowest BCUT2D eigenvalue weighted by Crippen LogP contribution is -2.61. The molecule has 0 aliphatic rings. The van der Waals surface area contributed by atoms with Gasteiger partial charge in [0.25, 0.3) is 0 Å². The molecule has 27 heteroatoms. The zero-order valence-corrected chi connectivity index (χ0v) is 39.4. The largest absolute Gasteiger partial charge is 0.508 e.